The molecule has 0 aromatic rings. The third-order valence-electron chi connectivity index (χ3n) is 5.46. The van der Waals surface area contributed by atoms with Gasteiger partial charge in [-0.3, -0.25) is 4.79 Å². The summed E-state index contributed by atoms with van der Waals surface area (Å²) < 4.78 is 0. The summed E-state index contributed by atoms with van der Waals surface area (Å²) in [6, 6.07) is 0. The van der Waals surface area contributed by atoms with Crippen LogP contribution in [0, 0.1) is 17.8 Å². The molecule has 2 aliphatic carbocycles. The van der Waals surface area contributed by atoms with Crippen LogP contribution in [0.5, 0.6) is 0 Å². The molecule has 3 fully saturated rings. The Balaban J connectivity index is 1.42. The number of hydrogen-bond donors (Lipinski definition) is 2. The van der Waals surface area contributed by atoms with Gasteiger partial charge in [-0.2, -0.15) is 0 Å². The Bertz CT molecular complexity index is 322. The van der Waals surface area contributed by atoms with E-state index in [0.717, 1.165) is 31.3 Å². The van der Waals surface area contributed by atoms with E-state index in [0.29, 0.717) is 5.92 Å². The number of rotatable bonds is 4. The topological polar surface area (TPSA) is 41.1 Å². The van der Waals surface area contributed by atoms with E-state index >= 15 is 0 Å². The average Bonchev–Trinajstić information content (AvgIpc) is 3.03. The van der Waals surface area contributed by atoms with Crippen molar-refractivity contribution < 1.29 is 4.79 Å². The van der Waals surface area contributed by atoms with Gasteiger partial charge in [0.25, 0.3) is 0 Å². The van der Waals surface area contributed by atoms with Gasteiger partial charge in [0.1, 0.15) is 0 Å². The summed E-state index contributed by atoms with van der Waals surface area (Å²) in [6.45, 7) is 4.11. The Morgan fingerprint density at radius 2 is 2.28 bits per heavy atom. The van der Waals surface area contributed by atoms with Crippen molar-refractivity contribution in [3.63, 3.8) is 0 Å². The van der Waals surface area contributed by atoms with Crippen LogP contribution in [0.2, 0.25) is 0 Å². The van der Waals surface area contributed by atoms with Crippen molar-refractivity contribution in [3.8, 4) is 0 Å². The highest BCUT2D eigenvalue weighted by atomic mass is 16.1. The summed E-state index contributed by atoms with van der Waals surface area (Å²) >= 11 is 0. The van der Waals surface area contributed by atoms with Gasteiger partial charge in [0.15, 0.2) is 0 Å². The lowest BCUT2D eigenvalue weighted by molar-refractivity contribution is -0.122. The maximum atomic E-state index is 12.0. The minimum absolute atomic E-state index is 0.143. The van der Waals surface area contributed by atoms with Crippen LogP contribution in [0.4, 0.5) is 0 Å². The summed E-state index contributed by atoms with van der Waals surface area (Å²) in [5, 5.41) is 6.64. The van der Waals surface area contributed by atoms with E-state index in [1.807, 2.05) is 0 Å². The molecule has 0 aromatic carbocycles. The molecule has 0 aromatic heterocycles. The highest BCUT2D eigenvalue weighted by Crippen LogP contribution is 2.49. The lowest BCUT2D eigenvalue weighted by atomic mass is 9.86. The van der Waals surface area contributed by atoms with Gasteiger partial charge in [-0.15, -0.1) is 0 Å². The second-order valence-electron chi connectivity index (χ2n) is 7.01. The van der Waals surface area contributed by atoms with Crippen LogP contribution in [0.1, 0.15) is 51.9 Å². The molecule has 0 spiro atoms. The molecular weight excluding hydrogens is 224 g/mol. The van der Waals surface area contributed by atoms with Crippen LogP contribution < -0.4 is 10.6 Å². The van der Waals surface area contributed by atoms with Gasteiger partial charge in [-0.05, 0) is 63.3 Å². The zero-order chi connectivity index (χ0) is 12.6. The molecule has 1 saturated heterocycles. The van der Waals surface area contributed by atoms with E-state index in [-0.39, 0.29) is 11.4 Å². The summed E-state index contributed by atoms with van der Waals surface area (Å²) in [5.74, 6) is 2.78. The number of fused-ring (bicyclic) bond motifs is 2. The predicted molar refractivity (Wildman–Crippen MR) is 72.2 cm³/mol. The quantitative estimate of drug-likeness (QED) is 0.802. The number of hydrogen-bond acceptors (Lipinski definition) is 2. The Morgan fingerprint density at radius 3 is 2.89 bits per heavy atom. The fourth-order valence-electron chi connectivity index (χ4n) is 4.34. The van der Waals surface area contributed by atoms with Crippen LogP contribution in [0.3, 0.4) is 0 Å². The van der Waals surface area contributed by atoms with Crippen molar-refractivity contribution in [2.75, 3.05) is 13.1 Å². The molecule has 4 atom stereocenters. The lowest BCUT2D eigenvalue weighted by Gasteiger charge is -2.26. The largest absolute Gasteiger partial charge is 0.354 e. The molecule has 2 bridgehead atoms. The van der Waals surface area contributed by atoms with Gasteiger partial charge in [-0.25, -0.2) is 0 Å². The van der Waals surface area contributed by atoms with Crippen molar-refractivity contribution in [1.29, 1.82) is 0 Å². The standard InChI is InChI=1S/C15H26N2O/c1-15(5-2-6-17-15)10-16-14(18)9-13-8-11-3-4-12(13)7-11/h11-13,17H,2-10H2,1H3,(H,16,18). The zero-order valence-corrected chi connectivity index (χ0v) is 11.5. The third-order valence-corrected chi connectivity index (χ3v) is 5.46. The van der Waals surface area contributed by atoms with Crippen molar-refractivity contribution in [3.05, 3.63) is 0 Å². The van der Waals surface area contributed by atoms with Crippen LogP contribution in [0.25, 0.3) is 0 Å². The molecule has 1 amide bonds. The first-order valence-corrected chi connectivity index (χ1v) is 7.66. The smallest absolute Gasteiger partial charge is 0.220 e. The Hall–Kier alpha value is -0.570. The van der Waals surface area contributed by atoms with E-state index in [2.05, 4.69) is 17.6 Å². The van der Waals surface area contributed by atoms with Crippen molar-refractivity contribution in [2.24, 2.45) is 17.8 Å². The second-order valence-corrected chi connectivity index (χ2v) is 7.01. The Kier molecular flexibility index (Phi) is 3.35. The first-order valence-electron chi connectivity index (χ1n) is 7.66. The summed E-state index contributed by atoms with van der Waals surface area (Å²) in [6.07, 6.45) is 8.70. The van der Waals surface area contributed by atoms with E-state index in [9.17, 15) is 4.79 Å². The van der Waals surface area contributed by atoms with Crippen LogP contribution in [0.15, 0.2) is 0 Å². The van der Waals surface area contributed by atoms with Crippen molar-refractivity contribution >= 4 is 5.91 Å². The Morgan fingerprint density at radius 1 is 1.39 bits per heavy atom. The molecule has 1 aliphatic heterocycles. The SMILES string of the molecule is CC1(CNC(=O)CC2CC3CCC2C3)CCCN1. The zero-order valence-electron chi connectivity index (χ0n) is 11.5. The maximum absolute atomic E-state index is 12.0. The lowest BCUT2D eigenvalue weighted by Crippen LogP contribution is -2.47. The molecule has 0 radical (unpaired) electrons. The molecule has 18 heavy (non-hydrogen) atoms. The molecule has 3 heteroatoms. The molecule has 4 unspecified atom stereocenters. The summed E-state index contributed by atoms with van der Waals surface area (Å²) in [4.78, 5) is 12.0. The van der Waals surface area contributed by atoms with Gasteiger partial charge < -0.3 is 10.6 Å². The molecule has 1 heterocycles. The minimum atomic E-state index is 0.143. The van der Waals surface area contributed by atoms with Crippen molar-refractivity contribution in [1.82, 2.24) is 10.6 Å². The number of amides is 1. The highest BCUT2D eigenvalue weighted by Gasteiger charge is 2.40. The van der Waals surface area contributed by atoms with Gasteiger partial charge in [0.2, 0.25) is 5.91 Å². The molecular formula is C15H26N2O. The average molecular weight is 250 g/mol. The summed E-state index contributed by atoms with van der Waals surface area (Å²) in [5.41, 5.74) is 0.143. The van der Waals surface area contributed by atoms with Crippen LogP contribution in [-0.2, 0) is 4.79 Å². The van der Waals surface area contributed by atoms with Gasteiger partial charge >= 0.3 is 0 Å². The van der Waals surface area contributed by atoms with Gasteiger partial charge in [-0.1, -0.05) is 6.42 Å². The first kappa shape index (κ1) is 12.5. The molecule has 3 nitrogen and oxygen atoms in total. The van der Waals surface area contributed by atoms with Crippen LogP contribution in [-0.4, -0.2) is 24.5 Å². The van der Waals surface area contributed by atoms with E-state index in [1.54, 1.807) is 0 Å². The molecule has 2 saturated carbocycles. The van der Waals surface area contributed by atoms with E-state index in [4.69, 9.17) is 0 Å². The molecule has 3 aliphatic rings. The fourth-order valence-corrected chi connectivity index (χ4v) is 4.34. The Labute approximate surface area is 110 Å². The molecule has 2 N–H and O–H groups in total. The monoisotopic (exact) mass is 250 g/mol. The fraction of sp³-hybridized carbons (Fsp3) is 0.933. The van der Waals surface area contributed by atoms with Gasteiger partial charge in [0, 0.05) is 18.5 Å². The highest BCUT2D eigenvalue weighted by molar-refractivity contribution is 5.76. The number of carbonyl (C=O) groups excluding carboxylic acids is 1. The normalized spacial score (nSPS) is 42.4. The number of carbonyl (C=O) groups is 1. The van der Waals surface area contributed by atoms with Crippen molar-refractivity contribution in [2.45, 2.75) is 57.4 Å². The molecule has 102 valence electrons. The number of nitrogens with one attached hydrogen (secondary N) is 2. The van der Waals surface area contributed by atoms with E-state index in [1.165, 1.54) is 38.5 Å². The summed E-state index contributed by atoms with van der Waals surface area (Å²) in [7, 11) is 0. The maximum Gasteiger partial charge on any atom is 0.220 e. The van der Waals surface area contributed by atoms with Gasteiger partial charge in [0.05, 0.1) is 0 Å². The second kappa shape index (κ2) is 4.84. The minimum Gasteiger partial charge on any atom is -0.354 e. The van der Waals surface area contributed by atoms with Crippen LogP contribution >= 0.6 is 0 Å². The third kappa shape index (κ3) is 2.56. The first-order chi connectivity index (χ1) is 8.65. The molecule has 3 rings (SSSR count). The predicted octanol–water partition coefficient (Wildman–Crippen LogP) is 2.07. The van der Waals surface area contributed by atoms with E-state index < -0.39 is 0 Å².